The van der Waals surface area contributed by atoms with E-state index in [1.54, 1.807) is 48.5 Å². The van der Waals surface area contributed by atoms with Crippen molar-refractivity contribution in [3.63, 3.8) is 0 Å². The summed E-state index contributed by atoms with van der Waals surface area (Å²) in [5.41, 5.74) is 9.32. The molecule has 1 atom stereocenters. The molecule has 186 valence electrons. The predicted octanol–water partition coefficient (Wildman–Crippen LogP) is 2.62. The van der Waals surface area contributed by atoms with E-state index < -0.39 is 0 Å². The van der Waals surface area contributed by atoms with Gasteiger partial charge in [-0.1, -0.05) is 29.4 Å². The van der Waals surface area contributed by atoms with Gasteiger partial charge < -0.3 is 19.9 Å². The van der Waals surface area contributed by atoms with Gasteiger partial charge in [0, 0.05) is 44.9 Å². The van der Waals surface area contributed by atoms with Crippen LogP contribution in [0.1, 0.15) is 30.1 Å². The molecule has 3 aromatic heterocycles. The number of nitrogens with zero attached hydrogens (tertiary/aromatic N) is 7. The largest absolute Gasteiger partial charge is 0.383 e. The molecule has 11 nitrogen and oxygen atoms in total. The molecular weight excluding hydrogens is 460 g/mol. The number of carbonyl (C=O) groups is 1. The van der Waals surface area contributed by atoms with Crippen molar-refractivity contribution in [3.8, 4) is 22.6 Å². The van der Waals surface area contributed by atoms with Crippen LogP contribution in [0.2, 0.25) is 0 Å². The van der Waals surface area contributed by atoms with E-state index in [0.29, 0.717) is 36.3 Å². The summed E-state index contributed by atoms with van der Waals surface area (Å²) in [4.78, 5) is 26.8. The second-order valence-electron chi connectivity index (χ2n) is 8.96. The van der Waals surface area contributed by atoms with Crippen molar-refractivity contribution in [2.75, 3.05) is 33.0 Å². The van der Waals surface area contributed by atoms with Gasteiger partial charge in [-0.05, 0) is 29.9 Å². The smallest absolute Gasteiger partial charge is 0.261 e. The first kappa shape index (κ1) is 23.6. The van der Waals surface area contributed by atoms with Gasteiger partial charge in [0.2, 0.25) is 11.9 Å². The Kier molecular flexibility index (Phi) is 6.72. The van der Waals surface area contributed by atoms with Crippen LogP contribution in [0, 0.1) is 5.92 Å². The summed E-state index contributed by atoms with van der Waals surface area (Å²) in [6, 6.07) is 8.28. The van der Waals surface area contributed by atoms with Crippen molar-refractivity contribution in [3.05, 3.63) is 60.4 Å². The molecule has 0 bridgehead atoms. The van der Waals surface area contributed by atoms with Gasteiger partial charge in [-0.3, -0.25) is 9.48 Å². The van der Waals surface area contributed by atoms with Crippen LogP contribution < -0.4 is 5.73 Å². The normalized spacial score (nSPS) is 14.1. The lowest BCUT2D eigenvalue weighted by Crippen LogP contribution is -2.32. The number of likely N-dealkylation sites (N-methyl/N-ethyl adjacent to an activating group) is 1. The Morgan fingerprint density at radius 3 is 2.61 bits per heavy atom. The maximum atomic E-state index is 12.4. The Morgan fingerprint density at radius 2 is 1.92 bits per heavy atom. The summed E-state index contributed by atoms with van der Waals surface area (Å²) in [5, 5.41) is 8.60. The van der Waals surface area contributed by atoms with E-state index in [2.05, 4.69) is 32.4 Å². The topological polar surface area (TPSA) is 138 Å². The zero-order valence-corrected chi connectivity index (χ0v) is 20.2. The van der Waals surface area contributed by atoms with Gasteiger partial charge in [-0.25, -0.2) is 9.97 Å². The number of nitrogen functional groups attached to an aromatic ring is 1. The van der Waals surface area contributed by atoms with Crippen molar-refractivity contribution in [1.82, 2.24) is 34.8 Å². The average Bonchev–Trinajstić information content (AvgIpc) is 3.41. The molecular formula is C25H28N8O3. The lowest BCUT2D eigenvalue weighted by molar-refractivity contribution is -0.131. The van der Waals surface area contributed by atoms with Crippen LogP contribution in [-0.2, 0) is 16.1 Å². The minimum atomic E-state index is -0.0595. The Labute approximate surface area is 208 Å². The van der Waals surface area contributed by atoms with Gasteiger partial charge in [0.05, 0.1) is 24.3 Å². The van der Waals surface area contributed by atoms with Crippen LogP contribution in [0.25, 0.3) is 22.6 Å². The number of carbonyl (C=O) groups excluding carboxylic acids is 1. The van der Waals surface area contributed by atoms with Crippen molar-refractivity contribution in [2.24, 2.45) is 5.92 Å². The number of amides is 1. The van der Waals surface area contributed by atoms with Crippen LogP contribution in [0.15, 0.2) is 53.6 Å². The number of aromatic nitrogens is 6. The fourth-order valence-corrected chi connectivity index (χ4v) is 4.08. The molecule has 4 aromatic rings. The number of benzene rings is 1. The molecule has 0 spiro atoms. The number of methoxy groups -OCH3 is 1. The summed E-state index contributed by atoms with van der Waals surface area (Å²) in [5.74, 6) is 1.76. The first-order valence-electron chi connectivity index (χ1n) is 11.8. The van der Waals surface area contributed by atoms with Gasteiger partial charge in [0.25, 0.3) is 5.89 Å². The summed E-state index contributed by atoms with van der Waals surface area (Å²) in [7, 11) is 3.35. The molecule has 36 heavy (non-hydrogen) atoms. The molecule has 11 heteroatoms. The maximum absolute atomic E-state index is 12.4. The van der Waals surface area contributed by atoms with E-state index >= 15 is 0 Å². The highest BCUT2D eigenvalue weighted by atomic mass is 16.5. The SMILES string of the molecule is COCCN(C)C(=O)Cn1cc(-c2nc([C@@H](c3ccc(-c4cnc(N)nc4)cc3)C3CC3)no2)cn1. The van der Waals surface area contributed by atoms with Crippen molar-refractivity contribution >= 4 is 11.9 Å². The molecule has 2 N–H and O–H groups in total. The van der Waals surface area contributed by atoms with Gasteiger partial charge in [-0.2, -0.15) is 10.1 Å². The van der Waals surface area contributed by atoms with E-state index in [1.165, 1.54) is 0 Å². The quantitative estimate of drug-likeness (QED) is 0.357. The third-order valence-corrected chi connectivity index (χ3v) is 6.32. The molecule has 0 unspecified atom stereocenters. The number of rotatable bonds is 10. The second kappa shape index (κ2) is 10.2. The maximum Gasteiger partial charge on any atom is 0.261 e. The Bertz CT molecular complexity index is 1310. The van der Waals surface area contributed by atoms with Crippen LogP contribution in [-0.4, -0.2) is 68.0 Å². The molecule has 1 saturated carbocycles. The summed E-state index contributed by atoms with van der Waals surface area (Å²) >= 11 is 0. The van der Waals surface area contributed by atoms with Crippen molar-refractivity contribution in [1.29, 1.82) is 0 Å². The van der Waals surface area contributed by atoms with E-state index in [0.717, 1.165) is 29.5 Å². The summed E-state index contributed by atoms with van der Waals surface area (Å²) in [6.45, 7) is 1.13. The van der Waals surface area contributed by atoms with E-state index in [1.807, 2.05) is 12.1 Å². The van der Waals surface area contributed by atoms with E-state index in [4.69, 9.17) is 20.0 Å². The van der Waals surface area contributed by atoms with E-state index in [9.17, 15) is 4.79 Å². The van der Waals surface area contributed by atoms with Crippen LogP contribution in [0.3, 0.4) is 0 Å². The Balaban J connectivity index is 1.30. The minimum absolute atomic E-state index is 0.0466. The number of hydrogen-bond acceptors (Lipinski definition) is 9. The number of hydrogen-bond donors (Lipinski definition) is 1. The average molecular weight is 489 g/mol. The monoisotopic (exact) mass is 488 g/mol. The molecule has 1 fully saturated rings. The number of anilines is 1. The highest BCUT2D eigenvalue weighted by molar-refractivity contribution is 5.75. The predicted molar refractivity (Wildman–Crippen MR) is 131 cm³/mol. The second-order valence-corrected chi connectivity index (χ2v) is 8.96. The van der Waals surface area contributed by atoms with Crippen molar-refractivity contribution in [2.45, 2.75) is 25.3 Å². The lowest BCUT2D eigenvalue weighted by atomic mass is 9.92. The zero-order chi connectivity index (χ0) is 25.1. The van der Waals surface area contributed by atoms with Crippen molar-refractivity contribution < 1.29 is 14.1 Å². The van der Waals surface area contributed by atoms with Crippen LogP contribution in [0.4, 0.5) is 5.95 Å². The molecule has 3 heterocycles. The zero-order valence-electron chi connectivity index (χ0n) is 20.2. The van der Waals surface area contributed by atoms with Crippen LogP contribution in [0.5, 0.6) is 0 Å². The van der Waals surface area contributed by atoms with Crippen LogP contribution >= 0.6 is 0 Å². The Morgan fingerprint density at radius 1 is 1.17 bits per heavy atom. The lowest BCUT2D eigenvalue weighted by Gasteiger charge is -2.16. The molecule has 0 radical (unpaired) electrons. The highest BCUT2D eigenvalue weighted by Gasteiger charge is 2.36. The molecule has 5 rings (SSSR count). The molecule has 0 saturated heterocycles. The van der Waals surface area contributed by atoms with Gasteiger partial charge >= 0.3 is 0 Å². The highest BCUT2D eigenvalue weighted by Crippen LogP contribution is 2.46. The third kappa shape index (κ3) is 5.25. The van der Waals surface area contributed by atoms with Gasteiger partial charge in [0.15, 0.2) is 5.82 Å². The van der Waals surface area contributed by atoms with E-state index in [-0.39, 0.29) is 24.3 Å². The summed E-state index contributed by atoms with van der Waals surface area (Å²) in [6.07, 6.45) is 9.06. The van der Waals surface area contributed by atoms with Gasteiger partial charge in [0.1, 0.15) is 6.54 Å². The standard InChI is InChI=1S/C25H28N8O3/c1-32(9-10-35-2)21(34)15-33-14-20(13-29-33)24-30-23(31-36-24)22(18-7-8-18)17-5-3-16(4-6-17)19-11-27-25(26)28-12-19/h3-6,11-14,18,22H,7-10,15H2,1-2H3,(H2,26,27,28)/t22-/m0/s1. The van der Waals surface area contributed by atoms with Gasteiger partial charge in [-0.15, -0.1) is 0 Å². The molecule has 1 aliphatic rings. The Hall–Kier alpha value is -4.12. The first-order chi connectivity index (χ1) is 17.5. The number of nitrogens with two attached hydrogens (primary N) is 1. The number of ether oxygens (including phenoxy) is 1. The fourth-order valence-electron chi connectivity index (χ4n) is 4.08. The summed E-state index contributed by atoms with van der Waals surface area (Å²) < 4.78 is 12.2. The molecule has 0 aliphatic heterocycles. The molecule has 1 aromatic carbocycles. The minimum Gasteiger partial charge on any atom is -0.383 e. The molecule has 1 amide bonds. The fraction of sp³-hybridized carbons (Fsp3) is 0.360. The molecule has 1 aliphatic carbocycles. The third-order valence-electron chi connectivity index (χ3n) is 6.32. The first-order valence-corrected chi connectivity index (χ1v) is 11.8.